The second-order valence-corrected chi connectivity index (χ2v) is 4.77. The minimum absolute atomic E-state index is 0.316. The maximum absolute atomic E-state index is 12.4. The molecular formula is C15H15N3O4. The van der Waals surface area contributed by atoms with E-state index >= 15 is 0 Å². The molecule has 0 radical (unpaired) electrons. The molecule has 0 atom stereocenters. The lowest BCUT2D eigenvalue weighted by atomic mass is 10.3. The van der Waals surface area contributed by atoms with Gasteiger partial charge in [-0.25, -0.2) is 4.79 Å². The SMILES string of the molecule is Cc1cc(NC(=O)N(Cc2ccco2)Cc2ccco2)no1. The van der Waals surface area contributed by atoms with Gasteiger partial charge in [-0.2, -0.15) is 0 Å². The van der Waals surface area contributed by atoms with Gasteiger partial charge in [-0.05, 0) is 31.2 Å². The summed E-state index contributed by atoms with van der Waals surface area (Å²) in [5.74, 6) is 2.35. The molecule has 114 valence electrons. The lowest BCUT2D eigenvalue weighted by Crippen LogP contribution is -2.33. The molecule has 2 amide bonds. The first-order valence-corrected chi connectivity index (χ1v) is 6.75. The standard InChI is InChI=1S/C15H15N3O4/c1-11-8-14(17-22-11)16-15(19)18(9-12-4-2-6-20-12)10-13-5-3-7-21-13/h2-8H,9-10H2,1H3,(H,16,17,19). The number of carbonyl (C=O) groups excluding carboxylic acids is 1. The molecule has 0 saturated carbocycles. The van der Waals surface area contributed by atoms with Crippen LogP contribution in [-0.4, -0.2) is 16.1 Å². The van der Waals surface area contributed by atoms with Crippen molar-refractivity contribution in [2.75, 3.05) is 5.32 Å². The summed E-state index contributed by atoms with van der Waals surface area (Å²) < 4.78 is 15.5. The van der Waals surface area contributed by atoms with Crippen molar-refractivity contribution in [2.45, 2.75) is 20.0 Å². The van der Waals surface area contributed by atoms with E-state index in [9.17, 15) is 4.79 Å². The summed E-state index contributed by atoms with van der Waals surface area (Å²) >= 11 is 0. The second-order valence-electron chi connectivity index (χ2n) is 4.77. The highest BCUT2D eigenvalue weighted by molar-refractivity contribution is 5.88. The highest BCUT2D eigenvalue weighted by Gasteiger charge is 2.18. The number of amides is 2. The number of aromatic nitrogens is 1. The average molecular weight is 301 g/mol. The molecule has 22 heavy (non-hydrogen) atoms. The molecule has 0 aliphatic heterocycles. The molecule has 0 fully saturated rings. The third-order valence-electron chi connectivity index (χ3n) is 3.00. The fourth-order valence-corrected chi connectivity index (χ4v) is 1.99. The number of hydrogen-bond acceptors (Lipinski definition) is 5. The van der Waals surface area contributed by atoms with E-state index in [2.05, 4.69) is 10.5 Å². The second kappa shape index (κ2) is 6.21. The van der Waals surface area contributed by atoms with Gasteiger partial charge in [0.15, 0.2) is 5.82 Å². The van der Waals surface area contributed by atoms with Gasteiger partial charge in [0.05, 0.1) is 25.6 Å². The van der Waals surface area contributed by atoms with Crippen LogP contribution in [0, 0.1) is 6.92 Å². The molecule has 0 spiro atoms. The largest absolute Gasteiger partial charge is 0.467 e. The lowest BCUT2D eigenvalue weighted by Gasteiger charge is -2.20. The third kappa shape index (κ3) is 3.38. The summed E-state index contributed by atoms with van der Waals surface area (Å²) in [6.07, 6.45) is 3.14. The Balaban J connectivity index is 1.72. The summed E-state index contributed by atoms with van der Waals surface area (Å²) in [5.41, 5.74) is 0. The Morgan fingerprint density at radius 1 is 1.18 bits per heavy atom. The topological polar surface area (TPSA) is 84.7 Å². The Morgan fingerprint density at radius 2 is 1.82 bits per heavy atom. The Labute approximate surface area is 126 Å². The van der Waals surface area contributed by atoms with E-state index in [4.69, 9.17) is 13.4 Å². The van der Waals surface area contributed by atoms with Crippen LogP contribution in [0.2, 0.25) is 0 Å². The van der Waals surface area contributed by atoms with Crippen LogP contribution >= 0.6 is 0 Å². The Morgan fingerprint density at radius 3 is 2.27 bits per heavy atom. The predicted molar refractivity (Wildman–Crippen MR) is 76.9 cm³/mol. The highest BCUT2D eigenvalue weighted by atomic mass is 16.5. The summed E-state index contributed by atoms with van der Waals surface area (Å²) in [4.78, 5) is 14.0. The number of carbonyl (C=O) groups is 1. The number of furan rings is 2. The monoisotopic (exact) mass is 301 g/mol. The summed E-state index contributed by atoms with van der Waals surface area (Å²) in [5, 5.41) is 6.44. The van der Waals surface area contributed by atoms with Gasteiger partial charge in [0.1, 0.15) is 17.3 Å². The van der Waals surface area contributed by atoms with Crippen molar-refractivity contribution in [2.24, 2.45) is 0 Å². The number of anilines is 1. The van der Waals surface area contributed by atoms with Gasteiger partial charge < -0.3 is 18.3 Å². The maximum atomic E-state index is 12.4. The summed E-state index contributed by atoms with van der Waals surface area (Å²) in [6, 6.07) is 8.50. The van der Waals surface area contributed by atoms with E-state index in [1.54, 1.807) is 42.5 Å². The molecule has 0 bridgehead atoms. The quantitative estimate of drug-likeness (QED) is 0.780. The first-order chi connectivity index (χ1) is 10.7. The van der Waals surface area contributed by atoms with Crippen LogP contribution in [0.3, 0.4) is 0 Å². The molecule has 3 aromatic rings. The van der Waals surface area contributed by atoms with Crippen LogP contribution in [0.15, 0.2) is 56.2 Å². The molecule has 3 rings (SSSR count). The first-order valence-electron chi connectivity index (χ1n) is 6.75. The van der Waals surface area contributed by atoms with Gasteiger partial charge in [0.25, 0.3) is 0 Å². The van der Waals surface area contributed by atoms with Gasteiger partial charge in [-0.1, -0.05) is 5.16 Å². The fraction of sp³-hybridized carbons (Fsp3) is 0.200. The number of aryl methyl sites for hydroxylation is 1. The van der Waals surface area contributed by atoms with E-state index in [1.807, 2.05) is 12.1 Å². The number of nitrogens with one attached hydrogen (secondary N) is 1. The Hall–Kier alpha value is -2.96. The number of hydrogen-bond donors (Lipinski definition) is 1. The Bertz CT molecular complexity index is 680. The van der Waals surface area contributed by atoms with Gasteiger partial charge in [-0.3, -0.25) is 5.32 Å². The van der Waals surface area contributed by atoms with E-state index < -0.39 is 0 Å². The van der Waals surface area contributed by atoms with Crippen molar-refractivity contribution in [3.8, 4) is 0 Å². The molecule has 3 heterocycles. The van der Waals surface area contributed by atoms with Crippen molar-refractivity contribution in [1.82, 2.24) is 10.1 Å². The molecule has 0 aliphatic carbocycles. The van der Waals surface area contributed by atoms with Crippen molar-refractivity contribution in [3.63, 3.8) is 0 Å². The smallest absolute Gasteiger partial charge is 0.323 e. The summed E-state index contributed by atoms with van der Waals surface area (Å²) in [7, 11) is 0. The van der Waals surface area contributed by atoms with E-state index in [-0.39, 0.29) is 6.03 Å². The zero-order chi connectivity index (χ0) is 15.4. The zero-order valence-electron chi connectivity index (χ0n) is 12.0. The average Bonchev–Trinajstić information content (AvgIpc) is 3.21. The van der Waals surface area contributed by atoms with E-state index in [1.165, 1.54) is 0 Å². The molecule has 0 unspecified atom stereocenters. The minimum Gasteiger partial charge on any atom is -0.467 e. The van der Waals surface area contributed by atoms with Crippen molar-refractivity contribution in [1.29, 1.82) is 0 Å². The molecular weight excluding hydrogens is 286 g/mol. The number of urea groups is 1. The predicted octanol–water partition coefficient (Wildman–Crippen LogP) is 3.40. The van der Waals surface area contributed by atoms with Crippen LogP contribution < -0.4 is 5.32 Å². The minimum atomic E-state index is -0.318. The fourth-order valence-electron chi connectivity index (χ4n) is 1.99. The van der Waals surface area contributed by atoms with Crippen LogP contribution in [-0.2, 0) is 13.1 Å². The maximum Gasteiger partial charge on any atom is 0.323 e. The third-order valence-corrected chi connectivity index (χ3v) is 3.00. The van der Waals surface area contributed by atoms with E-state index in [0.29, 0.717) is 36.2 Å². The summed E-state index contributed by atoms with van der Waals surface area (Å²) in [6.45, 7) is 2.39. The number of nitrogens with zero attached hydrogens (tertiary/aromatic N) is 2. The number of rotatable bonds is 5. The van der Waals surface area contributed by atoms with Gasteiger partial charge in [0.2, 0.25) is 0 Å². The molecule has 3 aromatic heterocycles. The van der Waals surface area contributed by atoms with Crippen LogP contribution in [0.4, 0.5) is 10.6 Å². The van der Waals surface area contributed by atoms with Crippen LogP contribution in [0.5, 0.6) is 0 Å². The van der Waals surface area contributed by atoms with Crippen molar-refractivity contribution < 1.29 is 18.2 Å². The molecule has 0 aromatic carbocycles. The molecule has 0 saturated heterocycles. The molecule has 0 aliphatic rings. The van der Waals surface area contributed by atoms with Crippen molar-refractivity contribution >= 4 is 11.8 Å². The molecule has 1 N–H and O–H groups in total. The van der Waals surface area contributed by atoms with Gasteiger partial charge in [0, 0.05) is 6.07 Å². The highest BCUT2D eigenvalue weighted by Crippen LogP contribution is 2.14. The Kier molecular flexibility index (Phi) is 3.95. The van der Waals surface area contributed by atoms with Crippen LogP contribution in [0.25, 0.3) is 0 Å². The van der Waals surface area contributed by atoms with Gasteiger partial charge >= 0.3 is 6.03 Å². The zero-order valence-corrected chi connectivity index (χ0v) is 12.0. The van der Waals surface area contributed by atoms with Gasteiger partial charge in [-0.15, -0.1) is 0 Å². The first kappa shape index (κ1) is 14.0. The molecule has 7 heteroatoms. The normalized spacial score (nSPS) is 10.6. The van der Waals surface area contributed by atoms with Crippen LogP contribution in [0.1, 0.15) is 17.3 Å². The lowest BCUT2D eigenvalue weighted by molar-refractivity contribution is 0.195. The molecule has 7 nitrogen and oxygen atoms in total. The van der Waals surface area contributed by atoms with Crippen molar-refractivity contribution in [3.05, 3.63) is 60.1 Å². The van der Waals surface area contributed by atoms with E-state index in [0.717, 1.165) is 0 Å².